The maximum absolute atomic E-state index is 12.7. The van der Waals surface area contributed by atoms with E-state index in [9.17, 15) is 4.79 Å². The molecule has 120 valence electrons. The Hall–Kier alpha value is -2.37. The van der Waals surface area contributed by atoms with Crippen molar-refractivity contribution in [1.29, 1.82) is 0 Å². The lowest BCUT2D eigenvalue weighted by molar-refractivity contribution is -0.113. The zero-order chi connectivity index (χ0) is 16.9. The van der Waals surface area contributed by atoms with Gasteiger partial charge in [-0.1, -0.05) is 78.6 Å². The fraction of sp³-hybridized carbons (Fsp3) is 0.0526. The van der Waals surface area contributed by atoms with Crippen molar-refractivity contribution in [2.24, 2.45) is 0 Å². The molecule has 0 bridgehead atoms. The third-order valence-corrected chi connectivity index (χ3v) is 4.78. The number of hydrogen-bond donors (Lipinski definition) is 0. The van der Waals surface area contributed by atoms with Crippen molar-refractivity contribution < 1.29 is 9.53 Å². The molecule has 0 atom stereocenters. The molecule has 1 heterocycles. The molecule has 0 aromatic heterocycles. The number of rotatable bonds is 4. The van der Waals surface area contributed by atoms with Gasteiger partial charge in [-0.15, -0.1) is 0 Å². The van der Waals surface area contributed by atoms with Gasteiger partial charge in [0.25, 0.3) is 5.91 Å². The molecule has 0 spiro atoms. The van der Waals surface area contributed by atoms with Crippen LogP contribution in [0.1, 0.15) is 5.56 Å². The van der Waals surface area contributed by atoms with Gasteiger partial charge in [0, 0.05) is 0 Å². The van der Waals surface area contributed by atoms with Gasteiger partial charge in [-0.3, -0.25) is 9.69 Å². The number of anilines is 1. The van der Waals surface area contributed by atoms with Crippen LogP contribution >= 0.6 is 24.0 Å². The third kappa shape index (κ3) is 3.42. The number of carbonyl (C=O) groups is 1. The second kappa shape index (κ2) is 7.47. The van der Waals surface area contributed by atoms with E-state index in [1.54, 1.807) is 13.2 Å². The Morgan fingerprint density at radius 1 is 1.08 bits per heavy atom. The molecule has 1 aliphatic rings. The van der Waals surface area contributed by atoms with Gasteiger partial charge in [0.15, 0.2) is 4.32 Å². The van der Waals surface area contributed by atoms with E-state index in [1.807, 2.05) is 66.7 Å². The summed E-state index contributed by atoms with van der Waals surface area (Å²) in [6, 6.07) is 17.3. The molecule has 3 rings (SSSR count). The fourth-order valence-electron chi connectivity index (χ4n) is 2.31. The lowest BCUT2D eigenvalue weighted by Crippen LogP contribution is -2.27. The number of amides is 1. The number of para-hydroxylation sites is 2. The molecule has 0 saturated carbocycles. The summed E-state index contributed by atoms with van der Waals surface area (Å²) in [7, 11) is 1.58. The van der Waals surface area contributed by atoms with E-state index in [-0.39, 0.29) is 5.91 Å². The Morgan fingerprint density at radius 3 is 2.54 bits per heavy atom. The summed E-state index contributed by atoms with van der Waals surface area (Å²) in [5.74, 6) is 0.488. The molecule has 0 N–H and O–H groups in total. The minimum absolute atomic E-state index is 0.132. The van der Waals surface area contributed by atoms with Crippen LogP contribution in [0.2, 0.25) is 0 Å². The van der Waals surface area contributed by atoms with Gasteiger partial charge in [-0.25, -0.2) is 0 Å². The van der Waals surface area contributed by atoms with Crippen molar-refractivity contribution in [3.05, 3.63) is 77.2 Å². The highest BCUT2D eigenvalue weighted by atomic mass is 32.2. The Balaban J connectivity index is 1.84. The van der Waals surface area contributed by atoms with Gasteiger partial charge in [0.2, 0.25) is 0 Å². The standard InChI is InChI=1S/C19H15NO2S2/c1-22-16-12-6-5-11-15(16)20-18(21)17(24-19(20)23)13-7-10-14-8-3-2-4-9-14/h2-13H,1H3/b10-7+,17-13-. The molecular weight excluding hydrogens is 338 g/mol. The molecule has 0 unspecified atom stereocenters. The zero-order valence-electron chi connectivity index (χ0n) is 13.0. The minimum Gasteiger partial charge on any atom is -0.495 e. The van der Waals surface area contributed by atoms with E-state index >= 15 is 0 Å². The maximum Gasteiger partial charge on any atom is 0.270 e. The van der Waals surface area contributed by atoms with Crippen LogP contribution in [0.25, 0.3) is 6.08 Å². The number of ether oxygens (including phenoxy) is 1. The van der Waals surface area contributed by atoms with Crippen molar-refractivity contribution >= 4 is 46.0 Å². The smallest absolute Gasteiger partial charge is 0.270 e. The molecule has 5 heteroatoms. The molecule has 1 saturated heterocycles. The van der Waals surface area contributed by atoms with Gasteiger partial charge >= 0.3 is 0 Å². The molecule has 0 aliphatic carbocycles. The van der Waals surface area contributed by atoms with Crippen molar-refractivity contribution in [1.82, 2.24) is 0 Å². The van der Waals surface area contributed by atoms with Crippen LogP contribution in [0.5, 0.6) is 5.75 Å². The summed E-state index contributed by atoms with van der Waals surface area (Å²) >= 11 is 6.67. The number of thioether (sulfide) groups is 1. The zero-order valence-corrected chi connectivity index (χ0v) is 14.6. The van der Waals surface area contributed by atoms with Crippen LogP contribution in [0.15, 0.2) is 71.7 Å². The molecule has 2 aromatic rings. The Bertz CT molecular complexity index is 828. The number of benzene rings is 2. The molecule has 3 nitrogen and oxygen atoms in total. The Kier molecular flexibility index (Phi) is 5.13. The van der Waals surface area contributed by atoms with Gasteiger partial charge in [-0.2, -0.15) is 0 Å². The molecule has 2 aromatic carbocycles. The monoisotopic (exact) mass is 353 g/mol. The average Bonchev–Trinajstić information content (AvgIpc) is 2.89. The fourth-order valence-corrected chi connectivity index (χ4v) is 3.55. The molecule has 1 fully saturated rings. The summed E-state index contributed by atoms with van der Waals surface area (Å²) in [4.78, 5) is 14.8. The second-order valence-electron chi connectivity index (χ2n) is 4.98. The number of thiocarbonyl (C=S) groups is 1. The number of methoxy groups -OCH3 is 1. The average molecular weight is 353 g/mol. The number of allylic oxidation sites excluding steroid dienone is 2. The first-order valence-electron chi connectivity index (χ1n) is 7.33. The SMILES string of the molecule is COc1ccccc1N1C(=O)/C(=C/C=C/c2ccccc2)SC1=S. The van der Waals surface area contributed by atoms with E-state index in [2.05, 4.69) is 0 Å². The first-order chi connectivity index (χ1) is 11.7. The van der Waals surface area contributed by atoms with E-state index in [0.29, 0.717) is 20.7 Å². The molecular formula is C19H15NO2S2. The number of hydrogen-bond acceptors (Lipinski definition) is 4. The van der Waals surface area contributed by atoms with E-state index < -0.39 is 0 Å². The summed E-state index contributed by atoms with van der Waals surface area (Å²) in [5, 5.41) is 0. The van der Waals surface area contributed by atoms with E-state index in [1.165, 1.54) is 16.7 Å². The normalized spacial score (nSPS) is 16.4. The van der Waals surface area contributed by atoms with Crippen LogP contribution < -0.4 is 9.64 Å². The molecule has 1 amide bonds. The van der Waals surface area contributed by atoms with Crippen molar-refractivity contribution in [3.63, 3.8) is 0 Å². The van der Waals surface area contributed by atoms with Gasteiger partial charge in [-0.05, 0) is 23.8 Å². The summed E-state index contributed by atoms with van der Waals surface area (Å²) in [6.45, 7) is 0. The Labute approximate surface area is 150 Å². The highest BCUT2D eigenvalue weighted by Crippen LogP contribution is 2.38. The van der Waals surface area contributed by atoms with Gasteiger partial charge in [0.05, 0.1) is 17.7 Å². The van der Waals surface area contributed by atoms with Gasteiger partial charge < -0.3 is 4.74 Å². The lowest BCUT2D eigenvalue weighted by Gasteiger charge is -2.17. The largest absolute Gasteiger partial charge is 0.495 e. The topological polar surface area (TPSA) is 29.5 Å². The first-order valence-corrected chi connectivity index (χ1v) is 8.56. The van der Waals surface area contributed by atoms with Crippen LogP contribution in [-0.4, -0.2) is 17.3 Å². The van der Waals surface area contributed by atoms with Crippen LogP contribution in [-0.2, 0) is 4.79 Å². The van der Waals surface area contributed by atoms with Crippen molar-refractivity contribution in [2.45, 2.75) is 0 Å². The summed E-state index contributed by atoms with van der Waals surface area (Å²) < 4.78 is 5.84. The molecule has 1 aliphatic heterocycles. The van der Waals surface area contributed by atoms with Crippen molar-refractivity contribution in [2.75, 3.05) is 12.0 Å². The predicted octanol–water partition coefficient (Wildman–Crippen LogP) is 4.66. The minimum atomic E-state index is -0.132. The van der Waals surface area contributed by atoms with Crippen LogP contribution in [0.3, 0.4) is 0 Å². The van der Waals surface area contributed by atoms with E-state index in [4.69, 9.17) is 17.0 Å². The summed E-state index contributed by atoms with van der Waals surface area (Å²) in [5.41, 5.74) is 1.74. The molecule has 24 heavy (non-hydrogen) atoms. The third-order valence-electron chi connectivity index (χ3n) is 3.46. The number of carbonyl (C=O) groups excluding carboxylic acids is 1. The summed E-state index contributed by atoms with van der Waals surface area (Å²) in [6.07, 6.45) is 5.61. The van der Waals surface area contributed by atoms with Gasteiger partial charge in [0.1, 0.15) is 5.75 Å². The van der Waals surface area contributed by atoms with Crippen LogP contribution in [0, 0.1) is 0 Å². The lowest BCUT2D eigenvalue weighted by atomic mass is 10.2. The van der Waals surface area contributed by atoms with E-state index in [0.717, 1.165) is 5.56 Å². The molecule has 0 radical (unpaired) electrons. The predicted molar refractivity (Wildman–Crippen MR) is 104 cm³/mol. The highest BCUT2D eigenvalue weighted by Gasteiger charge is 2.34. The van der Waals surface area contributed by atoms with Crippen LogP contribution in [0.4, 0.5) is 5.69 Å². The second-order valence-corrected chi connectivity index (χ2v) is 6.66. The quantitative estimate of drug-likeness (QED) is 0.591. The Morgan fingerprint density at radius 2 is 1.79 bits per heavy atom. The number of nitrogens with zero attached hydrogens (tertiary/aromatic N) is 1. The van der Waals surface area contributed by atoms with Crippen molar-refractivity contribution in [3.8, 4) is 5.75 Å². The highest BCUT2D eigenvalue weighted by molar-refractivity contribution is 8.27. The maximum atomic E-state index is 12.7. The first kappa shape index (κ1) is 16.5.